The molecule has 4 saturated heterocycles. The zero-order chi connectivity index (χ0) is 56.0. The van der Waals surface area contributed by atoms with Crippen LogP contribution >= 0.6 is 0 Å². The first kappa shape index (κ1) is 59.9. The number of hydrogen-bond acceptors (Lipinski definition) is 21. The zero-order valence-corrected chi connectivity index (χ0v) is 43.8. The van der Waals surface area contributed by atoms with Crippen LogP contribution in [-0.2, 0) is 89.9 Å². The highest BCUT2D eigenvalue weighted by Crippen LogP contribution is 2.37. The van der Waals surface area contributed by atoms with Crippen molar-refractivity contribution in [3.8, 4) is 0 Å². The molecule has 0 saturated carbocycles. The lowest BCUT2D eigenvalue weighted by atomic mass is 9.95. The second-order valence-corrected chi connectivity index (χ2v) is 20.0. The minimum absolute atomic E-state index is 0.00426. The largest absolute Gasteiger partial charge is 0.394 e. The lowest BCUT2D eigenvalue weighted by Crippen LogP contribution is -2.67. The minimum Gasteiger partial charge on any atom is -0.394 e. The molecule has 4 fully saturated rings. The van der Waals surface area contributed by atoms with Gasteiger partial charge in [-0.2, -0.15) is 0 Å². The van der Waals surface area contributed by atoms with E-state index in [2.05, 4.69) is 0 Å². The van der Waals surface area contributed by atoms with Crippen molar-refractivity contribution in [2.45, 2.75) is 156 Å². The van der Waals surface area contributed by atoms with E-state index in [-0.39, 0.29) is 33.0 Å². The second-order valence-electron chi connectivity index (χ2n) is 20.0. The van der Waals surface area contributed by atoms with Gasteiger partial charge in [-0.3, -0.25) is 0 Å². The monoisotopic (exact) mass is 1120 g/mol. The molecule has 0 bridgehead atoms. The molecule has 4 aliphatic rings. The Kier molecular flexibility index (Phi) is 22.1. The summed E-state index contributed by atoms with van der Waals surface area (Å²) >= 11 is 0. The van der Waals surface area contributed by atoms with Crippen molar-refractivity contribution in [3.05, 3.63) is 179 Å². The van der Waals surface area contributed by atoms with Crippen molar-refractivity contribution in [2.75, 3.05) is 26.4 Å². The van der Waals surface area contributed by atoms with E-state index in [0.29, 0.717) is 5.56 Å². The van der Waals surface area contributed by atoms with E-state index < -0.39 is 149 Å². The van der Waals surface area contributed by atoms with Crippen molar-refractivity contribution >= 4 is 0 Å². The highest BCUT2D eigenvalue weighted by atomic mass is 16.8. The van der Waals surface area contributed by atoms with Crippen LogP contribution in [0.1, 0.15) is 27.8 Å². The highest BCUT2D eigenvalue weighted by molar-refractivity contribution is 5.17. The maximum atomic E-state index is 12.7. The molecule has 5 aromatic carbocycles. The Balaban J connectivity index is 1.03. The predicted octanol–water partition coefficient (Wildman–Crippen LogP) is 1.37. The van der Waals surface area contributed by atoms with Gasteiger partial charge in [0.05, 0.1) is 59.5 Å². The summed E-state index contributed by atoms with van der Waals surface area (Å²) in [6.45, 7) is -2.71. The summed E-state index contributed by atoms with van der Waals surface area (Å²) in [5.41, 5.74) is 3.66. The first-order valence-corrected chi connectivity index (χ1v) is 26.8. The predicted molar refractivity (Wildman–Crippen MR) is 279 cm³/mol. The molecule has 80 heavy (non-hydrogen) atoms. The zero-order valence-electron chi connectivity index (χ0n) is 43.8. The van der Waals surface area contributed by atoms with E-state index in [9.17, 15) is 46.0 Å². The molecule has 434 valence electrons. The van der Waals surface area contributed by atoms with Gasteiger partial charge < -0.3 is 103 Å². The number of aliphatic hydroxyl groups is 9. The maximum Gasteiger partial charge on any atom is 0.187 e. The molecule has 5 aromatic rings. The summed E-state index contributed by atoms with van der Waals surface area (Å²) in [5, 5.41) is 103. The Hall–Kier alpha value is -4.74. The molecule has 0 aromatic heterocycles. The number of ether oxygens (including phenoxy) is 12. The first-order valence-electron chi connectivity index (χ1n) is 26.8. The van der Waals surface area contributed by atoms with E-state index in [1.807, 2.05) is 103 Å². The Morgan fingerprint density at radius 2 is 0.550 bits per heavy atom. The summed E-state index contributed by atoms with van der Waals surface area (Å²) in [6, 6.07) is 45.3. The van der Waals surface area contributed by atoms with Crippen LogP contribution in [0.5, 0.6) is 0 Å². The van der Waals surface area contributed by atoms with Crippen LogP contribution in [0.4, 0.5) is 0 Å². The number of aliphatic hydroxyl groups excluding tert-OH is 9. The normalized spacial score (nSPS) is 34.7. The van der Waals surface area contributed by atoms with Gasteiger partial charge in [-0.05, 0) is 27.8 Å². The second kappa shape index (κ2) is 29.5. The van der Waals surface area contributed by atoms with Crippen molar-refractivity contribution in [2.24, 2.45) is 0 Å². The third-order valence-electron chi connectivity index (χ3n) is 14.5. The Labute approximate surface area is 463 Å². The summed E-state index contributed by atoms with van der Waals surface area (Å²) < 4.78 is 75.5. The van der Waals surface area contributed by atoms with E-state index in [0.717, 1.165) is 22.3 Å². The number of rotatable bonds is 25. The fraction of sp³-hybridized carbons (Fsp3) is 0.492. The van der Waals surface area contributed by atoms with Crippen molar-refractivity contribution in [1.29, 1.82) is 0 Å². The van der Waals surface area contributed by atoms with Crippen molar-refractivity contribution in [3.63, 3.8) is 0 Å². The van der Waals surface area contributed by atoms with Gasteiger partial charge in [-0.25, -0.2) is 0 Å². The third-order valence-corrected chi connectivity index (χ3v) is 14.5. The molecule has 0 aliphatic carbocycles. The van der Waals surface area contributed by atoms with E-state index in [4.69, 9.17) is 56.8 Å². The van der Waals surface area contributed by atoms with Gasteiger partial charge in [0, 0.05) is 0 Å². The van der Waals surface area contributed by atoms with E-state index in [1.165, 1.54) is 0 Å². The van der Waals surface area contributed by atoms with Crippen LogP contribution in [0, 0.1) is 0 Å². The molecule has 21 nitrogen and oxygen atoms in total. The van der Waals surface area contributed by atoms with E-state index >= 15 is 0 Å². The number of benzene rings is 5. The summed E-state index contributed by atoms with van der Waals surface area (Å²) in [4.78, 5) is 0. The average Bonchev–Trinajstić information content (AvgIpc) is 3.57. The van der Waals surface area contributed by atoms with Crippen LogP contribution in [0.25, 0.3) is 0 Å². The summed E-state index contributed by atoms with van der Waals surface area (Å²) in [5.74, 6) is 0. The van der Waals surface area contributed by atoms with Crippen LogP contribution in [0.3, 0.4) is 0 Å². The molecule has 4 heterocycles. The molecule has 8 unspecified atom stereocenters. The summed E-state index contributed by atoms with van der Waals surface area (Å²) in [7, 11) is 0. The molecule has 9 N–H and O–H groups in total. The Bertz CT molecular complexity index is 2520. The molecule has 21 heteroatoms. The molecular formula is C59H72O21. The minimum atomic E-state index is -1.93. The molecule has 0 spiro atoms. The fourth-order valence-corrected chi connectivity index (χ4v) is 10.1. The van der Waals surface area contributed by atoms with Gasteiger partial charge in [-0.15, -0.1) is 0 Å². The van der Waals surface area contributed by atoms with Gasteiger partial charge in [0.15, 0.2) is 25.2 Å². The van der Waals surface area contributed by atoms with Gasteiger partial charge in [-0.1, -0.05) is 152 Å². The smallest absolute Gasteiger partial charge is 0.187 e. The van der Waals surface area contributed by atoms with Crippen LogP contribution in [0.2, 0.25) is 0 Å². The SMILES string of the molecule is OCC1O[C@@H](OCC2O[C@@H](O[C@@H]3C(O)[C@H](OCc4ccccc4)OC(CO)[C@@H]3OCc3ccccc3)C(O)[C@@H](O[C@@H]3OC(CO)[C@H](OCc4ccccc4)[C@H](O)C3O)[C@H]2OCc2ccccc2)C(O)[C@@H](O)[C@H]1OCc1ccccc1. The lowest BCUT2D eigenvalue weighted by Gasteiger charge is -2.50. The molecule has 9 rings (SSSR count). The molecule has 0 radical (unpaired) electrons. The third kappa shape index (κ3) is 15.1. The molecule has 0 amide bonds. The van der Waals surface area contributed by atoms with Crippen LogP contribution in [-0.4, -0.2) is 195 Å². The quantitative estimate of drug-likeness (QED) is 0.0399. The maximum absolute atomic E-state index is 12.7. The Morgan fingerprint density at radius 1 is 0.275 bits per heavy atom. The Morgan fingerprint density at radius 3 is 0.938 bits per heavy atom. The highest BCUT2D eigenvalue weighted by Gasteiger charge is 2.56. The van der Waals surface area contributed by atoms with Crippen LogP contribution in [0.15, 0.2) is 152 Å². The molecule has 20 atom stereocenters. The van der Waals surface area contributed by atoms with Crippen molar-refractivity contribution < 1.29 is 103 Å². The van der Waals surface area contributed by atoms with Gasteiger partial charge >= 0.3 is 0 Å². The first-order chi connectivity index (χ1) is 39.0. The number of hydrogen-bond donors (Lipinski definition) is 9. The topological polar surface area (TPSA) is 293 Å². The van der Waals surface area contributed by atoms with E-state index in [1.54, 1.807) is 48.5 Å². The van der Waals surface area contributed by atoms with Gasteiger partial charge in [0.2, 0.25) is 0 Å². The summed E-state index contributed by atoms with van der Waals surface area (Å²) in [6.07, 6.45) is -30.6. The van der Waals surface area contributed by atoms with Crippen molar-refractivity contribution in [1.82, 2.24) is 0 Å². The van der Waals surface area contributed by atoms with Crippen LogP contribution < -0.4 is 0 Å². The molecule has 4 aliphatic heterocycles. The molecular weight excluding hydrogens is 1040 g/mol. The average molecular weight is 1120 g/mol. The standard InChI is InChI=1S/C59H72O21/c60-26-40-50(69-29-35-16-6-1-7-17-35)44(63)46(65)56(75-40)74-34-43-53(72-32-38-22-12-4-13-23-38)55(79-58-47(66)45(64)51(41(27-61)77-58)70-30-36-18-8-2-9-19-36)49(68)59(78-43)80-54-48(67)57(73-33-39-24-14-5-15-25-39)76-42(28-62)52(54)71-31-37-20-10-3-11-21-37/h1-25,40-68H,26-34H2/t40?,41?,42?,43?,44-,45-,46?,47?,48?,49?,50+,51+,52+,53+,54-,55-,56-,57-,58+,59+/m1/s1. The van der Waals surface area contributed by atoms with Gasteiger partial charge in [0.25, 0.3) is 0 Å². The van der Waals surface area contributed by atoms with Gasteiger partial charge in [0.1, 0.15) is 97.7 Å². The fourth-order valence-electron chi connectivity index (χ4n) is 10.1. The lowest BCUT2D eigenvalue weighted by molar-refractivity contribution is -0.391.